The Labute approximate surface area is 106 Å². The average molecular weight is 255 g/mol. The van der Waals surface area contributed by atoms with Crippen LogP contribution >= 0.6 is 0 Å². The van der Waals surface area contributed by atoms with Crippen LogP contribution in [0.5, 0.6) is 0 Å². The predicted molar refractivity (Wildman–Crippen MR) is 67.7 cm³/mol. The van der Waals surface area contributed by atoms with Crippen molar-refractivity contribution >= 4 is 5.82 Å². The third-order valence-electron chi connectivity index (χ3n) is 3.18. The maximum Gasteiger partial charge on any atom is 0.168 e. The standard InChI is InChI=1S/C13H19F2N3/c1-2-6-18(9-11-4-3-5-16-11)13-12(15)7-10(14)8-17-13/h7-8,11,16H,2-6,9H2,1H3. The van der Waals surface area contributed by atoms with Gasteiger partial charge in [0.1, 0.15) is 5.82 Å². The fourth-order valence-corrected chi connectivity index (χ4v) is 2.37. The van der Waals surface area contributed by atoms with Crippen molar-refractivity contribution in [2.45, 2.75) is 32.2 Å². The van der Waals surface area contributed by atoms with E-state index in [4.69, 9.17) is 0 Å². The molecule has 3 nitrogen and oxygen atoms in total. The molecule has 18 heavy (non-hydrogen) atoms. The zero-order valence-electron chi connectivity index (χ0n) is 10.6. The summed E-state index contributed by atoms with van der Waals surface area (Å²) in [5.74, 6) is -0.958. The Bertz CT molecular complexity index is 392. The summed E-state index contributed by atoms with van der Waals surface area (Å²) in [6, 6.07) is 1.27. The highest BCUT2D eigenvalue weighted by atomic mass is 19.1. The Balaban J connectivity index is 2.12. The predicted octanol–water partition coefficient (Wildman–Crippen LogP) is 2.33. The van der Waals surface area contributed by atoms with Gasteiger partial charge in [0.05, 0.1) is 6.20 Å². The molecule has 0 aromatic carbocycles. The van der Waals surface area contributed by atoms with Gasteiger partial charge in [-0.1, -0.05) is 6.92 Å². The smallest absolute Gasteiger partial charge is 0.168 e. The first kappa shape index (κ1) is 13.2. The maximum absolute atomic E-state index is 13.7. The zero-order chi connectivity index (χ0) is 13.0. The molecule has 1 aliphatic rings. The summed E-state index contributed by atoms with van der Waals surface area (Å²) in [6.45, 7) is 4.51. The molecular formula is C13H19F2N3. The average Bonchev–Trinajstić information content (AvgIpc) is 2.81. The van der Waals surface area contributed by atoms with E-state index in [0.29, 0.717) is 6.04 Å². The van der Waals surface area contributed by atoms with Crippen LogP contribution in [0.3, 0.4) is 0 Å². The van der Waals surface area contributed by atoms with Gasteiger partial charge in [-0.3, -0.25) is 0 Å². The molecule has 5 heteroatoms. The van der Waals surface area contributed by atoms with E-state index in [1.54, 1.807) is 0 Å². The lowest BCUT2D eigenvalue weighted by Gasteiger charge is -2.26. The second kappa shape index (κ2) is 6.09. The summed E-state index contributed by atoms with van der Waals surface area (Å²) in [7, 11) is 0. The molecule has 100 valence electrons. The fourth-order valence-electron chi connectivity index (χ4n) is 2.37. The van der Waals surface area contributed by atoms with Crippen LogP contribution in [0.4, 0.5) is 14.6 Å². The van der Waals surface area contributed by atoms with E-state index in [1.165, 1.54) is 0 Å². The van der Waals surface area contributed by atoms with Gasteiger partial charge in [-0.25, -0.2) is 13.8 Å². The summed E-state index contributed by atoms with van der Waals surface area (Å²) in [6.07, 6.45) is 4.24. The number of halogens is 2. The topological polar surface area (TPSA) is 28.2 Å². The van der Waals surface area contributed by atoms with Gasteiger partial charge in [0, 0.05) is 25.2 Å². The molecule has 2 rings (SSSR count). The first-order valence-electron chi connectivity index (χ1n) is 6.50. The lowest BCUT2D eigenvalue weighted by atomic mass is 10.2. The molecule has 0 saturated carbocycles. The van der Waals surface area contributed by atoms with Crippen molar-refractivity contribution in [3.63, 3.8) is 0 Å². The third-order valence-corrected chi connectivity index (χ3v) is 3.18. The Morgan fingerprint density at radius 2 is 2.33 bits per heavy atom. The largest absolute Gasteiger partial charge is 0.353 e. The van der Waals surface area contributed by atoms with E-state index < -0.39 is 11.6 Å². The molecule has 1 unspecified atom stereocenters. The molecule has 2 heterocycles. The Hall–Kier alpha value is -1.23. The molecule has 1 aliphatic heterocycles. The van der Waals surface area contributed by atoms with Gasteiger partial charge in [-0.05, 0) is 25.8 Å². The molecular weight excluding hydrogens is 236 g/mol. The van der Waals surface area contributed by atoms with E-state index in [0.717, 1.165) is 51.2 Å². The molecule has 0 amide bonds. The van der Waals surface area contributed by atoms with Gasteiger partial charge in [0.2, 0.25) is 0 Å². The van der Waals surface area contributed by atoms with Crippen LogP contribution in [-0.2, 0) is 0 Å². The normalized spacial score (nSPS) is 19.2. The lowest BCUT2D eigenvalue weighted by molar-refractivity contribution is 0.543. The first-order chi connectivity index (χ1) is 8.70. The maximum atomic E-state index is 13.7. The van der Waals surface area contributed by atoms with E-state index in [-0.39, 0.29) is 5.82 Å². The van der Waals surface area contributed by atoms with Crippen molar-refractivity contribution in [2.75, 3.05) is 24.5 Å². The van der Waals surface area contributed by atoms with Crippen molar-refractivity contribution < 1.29 is 8.78 Å². The van der Waals surface area contributed by atoms with Crippen LogP contribution in [0, 0.1) is 11.6 Å². The van der Waals surface area contributed by atoms with Gasteiger partial charge in [-0.15, -0.1) is 0 Å². The second-order valence-corrected chi connectivity index (χ2v) is 4.70. The Morgan fingerprint density at radius 3 is 2.94 bits per heavy atom. The van der Waals surface area contributed by atoms with Crippen molar-refractivity contribution in [3.8, 4) is 0 Å². The number of hydrogen-bond acceptors (Lipinski definition) is 3. The Kier molecular flexibility index (Phi) is 4.47. The van der Waals surface area contributed by atoms with Crippen LogP contribution in [0.1, 0.15) is 26.2 Å². The quantitative estimate of drug-likeness (QED) is 0.875. The second-order valence-electron chi connectivity index (χ2n) is 4.70. The van der Waals surface area contributed by atoms with Crippen LogP contribution in [-0.4, -0.2) is 30.7 Å². The van der Waals surface area contributed by atoms with E-state index >= 15 is 0 Å². The number of hydrogen-bond donors (Lipinski definition) is 1. The summed E-state index contributed by atoms with van der Waals surface area (Å²) in [4.78, 5) is 5.79. The van der Waals surface area contributed by atoms with Gasteiger partial charge < -0.3 is 10.2 Å². The Morgan fingerprint density at radius 1 is 1.50 bits per heavy atom. The number of anilines is 1. The number of rotatable bonds is 5. The van der Waals surface area contributed by atoms with Crippen LogP contribution in [0.2, 0.25) is 0 Å². The van der Waals surface area contributed by atoms with Crippen molar-refractivity contribution in [2.24, 2.45) is 0 Å². The minimum absolute atomic E-state index is 0.256. The summed E-state index contributed by atoms with van der Waals surface area (Å²) >= 11 is 0. The monoisotopic (exact) mass is 255 g/mol. The molecule has 1 aromatic heterocycles. The number of nitrogens with one attached hydrogen (secondary N) is 1. The zero-order valence-corrected chi connectivity index (χ0v) is 10.6. The molecule has 1 atom stereocenters. The summed E-state index contributed by atoms with van der Waals surface area (Å²) in [5, 5.41) is 3.38. The number of pyridine rings is 1. The van der Waals surface area contributed by atoms with Crippen molar-refractivity contribution in [1.29, 1.82) is 0 Å². The molecule has 1 saturated heterocycles. The first-order valence-corrected chi connectivity index (χ1v) is 6.50. The minimum atomic E-state index is -0.633. The summed E-state index contributed by atoms with van der Waals surface area (Å²) in [5.41, 5.74) is 0. The van der Waals surface area contributed by atoms with Crippen LogP contribution in [0.15, 0.2) is 12.3 Å². The highest BCUT2D eigenvalue weighted by Gasteiger charge is 2.20. The molecule has 1 fully saturated rings. The summed E-state index contributed by atoms with van der Waals surface area (Å²) < 4.78 is 26.6. The number of nitrogens with zero attached hydrogens (tertiary/aromatic N) is 2. The van der Waals surface area contributed by atoms with Crippen molar-refractivity contribution in [3.05, 3.63) is 23.9 Å². The fraction of sp³-hybridized carbons (Fsp3) is 0.615. The molecule has 0 radical (unpaired) electrons. The highest BCUT2D eigenvalue weighted by Crippen LogP contribution is 2.19. The van der Waals surface area contributed by atoms with E-state index in [9.17, 15) is 8.78 Å². The molecule has 1 aromatic rings. The minimum Gasteiger partial charge on any atom is -0.353 e. The number of aromatic nitrogens is 1. The molecule has 1 N–H and O–H groups in total. The van der Waals surface area contributed by atoms with Crippen LogP contribution in [0.25, 0.3) is 0 Å². The van der Waals surface area contributed by atoms with Gasteiger partial charge >= 0.3 is 0 Å². The van der Waals surface area contributed by atoms with Crippen LogP contribution < -0.4 is 10.2 Å². The lowest BCUT2D eigenvalue weighted by Crippen LogP contribution is -2.39. The molecule has 0 spiro atoms. The van der Waals surface area contributed by atoms with Gasteiger partial charge in [0.25, 0.3) is 0 Å². The van der Waals surface area contributed by atoms with Gasteiger partial charge in [-0.2, -0.15) is 0 Å². The van der Waals surface area contributed by atoms with E-state index in [1.807, 2.05) is 11.8 Å². The molecule has 0 aliphatic carbocycles. The van der Waals surface area contributed by atoms with Gasteiger partial charge in [0.15, 0.2) is 11.6 Å². The SMILES string of the molecule is CCCN(CC1CCCN1)c1ncc(F)cc1F. The highest BCUT2D eigenvalue weighted by molar-refractivity contribution is 5.40. The third kappa shape index (κ3) is 3.16. The van der Waals surface area contributed by atoms with E-state index in [2.05, 4.69) is 10.3 Å². The van der Waals surface area contributed by atoms with Crippen molar-refractivity contribution in [1.82, 2.24) is 10.3 Å². The molecule has 0 bridgehead atoms.